The summed E-state index contributed by atoms with van der Waals surface area (Å²) in [7, 11) is 0. The molecule has 1 heterocycles. The third-order valence-electron chi connectivity index (χ3n) is 3.95. The van der Waals surface area contributed by atoms with Gasteiger partial charge in [0.1, 0.15) is 11.0 Å². The molecular formula is C12H13Cl3N2. The molecule has 0 aliphatic heterocycles. The Hall–Kier alpha value is -0.180. The average molecular weight is 292 g/mol. The SMILES string of the molecule is Clc1cc(Cl)c(NC2CC3CCC2C3)nc1Cl. The summed E-state index contributed by atoms with van der Waals surface area (Å²) in [5.74, 6) is 2.32. The summed E-state index contributed by atoms with van der Waals surface area (Å²) in [5, 5.41) is 4.67. The highest BCUT2D eigenvalue weighted by molar-refractivity contribution is 6.42. The largest absolute Gasteiger partial charge is 0.366 e. The van der Waals surface area contributed by atoms with Crippen LogP contribution in [0.15, 0.2) is 6.07 Å². The standard InChI is InChI=1S/C12H13Cl3N2/c13-8-5-9(14)12(17-11(8)15)16-10-4-6-1-2-7(10)3-6/h5-7,10H,1-4H2,(H,16,17). The minimum absolute atomic E-state index is 0.307. The van der Waals surface area contributed by atoms with E-state index < -0.39 is 0 Å². The number of aromatic nitrogens is 1. The normalized spacial score (nSPS) is 30.9. The van der Waals surface area contributed by atoms with E-state index in [-0.39, 0.29) is 0 Å². The van der Waals surface area contributed by atoms with Gasteiger partial charge in [-0.2, -0.15) is 0 Å². The summed E-state index contributed by atoms with van der Waals surface area (Å²) < 4.78 is 0. The van der Waals surface area contributed by atoms with Crippen LogP contribution in [0.5, 0.6) is 0 Å². The predicted molar refractivity (Wildman–Crippen MR) is 72.1 cm³/mol. The lowest BCUT2D eigenvalue weighted by Gasteiger charge is -2.24. The highest BCUT2D eigenvalue weighted by Gasteiger charge is 2.39. The second-order valence-corrected chi connectivity index (χ2v) is 6.19. The summed E-state index contributed by atoms with van der Waals surface area (Å²) >= 11 is 17.9. The Morgan fingerprint density at radius 1 is 1.12 bits per heavy atom. The number of anilines is 1. The van der Waals surface area contributed by atoms with Crippen LogP contribution >= 0.6 is 34.8 Å². The van der Waals surface area contributed by atoms with Gasteiger partial charge in [0, 0.05) is 6.04 Å². The van der Waals surface area contributed by atoms with E-state index in [9.17, 15) is 0 Å². The summed E-state index contributed by atoms with van der Waals surface area (Å²) in [4.78, 5) is 4.21. The third-order valence-corrected chi connectivity index (χ3v) is 4.91. The van der Waals surface area contributed by atoms with Gasteiger partial charge in [-0.15, -0.1) is 0 Å². The smallest absolute Gasteiger partial charge is 0.150 e. The molecule has 2 aliphatic rings. The lowest BCUT2D eigenvalue weighted by Crippen LogP contribution is -2.26. The molecular weight excluding hydrogens is 279 g/mol. The fraction of sp³-hybridized carbons (Fsp3) is 0.583. The molecule has 1 aromatic heterocycles. The molecule has 17 heavy (non-hydrogen) atoms. The first-order valence-corrected chi connectivity index (χ1v) is 7.05. The van der Waals surface area contributed by atoms with E-state index in [1.807, 2.05) is 0 Å². The van der Waals surface area contributed by atoms with Gasteiger partial charge in [0.05, 0.1) is 10.0 Å². The van der Waals surface area contributed by atoms with Crippen LogP contribution in [0.1, 0.15) is 25.7 Å². The molecule has 3 unspecified atom stereocenters. The fourth-order valence-corrected chi connectivity index (χ4v) is 3.69. The van der Waals surface area contributed by atoms with Crippen LogP contribution in [0.4, 0.5) is 5.82 Å². The Morgan fingerprint density at radius 3 is 2.59 bits per heavy atom. The zero-order chi connectivity index (χ0) is 12.0. The van der Waals surface area contributed by atoms with Crippen molar-refractivity contribution < 1.29 is 0 Å². The van der Waals surface area contributed by atoms with E-state index in [1.54, 1.807) is 6.07 Å². The maximum atomic E-state index is 6.11. The number of rotatable bonds is 2. The zero-order valence-electron chi connectivity index (χ0n) is 9.22. The Morgan fingerprint density at radius 2 is 1.94 bits per heavy atom. The Balaban J connectivity index is 1.79. The summed E-state index contributed by atoms with van der Waals surface area (Å²) in [6.45, 7) is 0. The van der Waals surface area contributed by atoms with Crippen molar-refractivity contribution in [1.29, 1.82) is 0 Å². The molecule has 2 saturated carbocycles. The molecule has 3 rings (SSSR count). The number of halogens is 3. The van der Waals surface area contributed by atoms with Crippen LogP contribution in [0.25, 0.3) is 0 Å². The molecule has 0 radical (unpaired) electrons. The number of hydrogen-bond acceptors (Lipinski definition) is 2. The Labute approximate surface area is 116 Å². The maximum absolute atomic E-state index is 6.11. The van der Waals surface area contributed by atoms with Crippen molar-refractivity contribution in [3.05, 3.63) is 21.3 Å². The number of hydrogen-bond donors (Lipinski definition) is 1. The van der Waals surface area contributed by atoms with E-state index in [2.05, 4.69) is 10.3 Å². The van der Waals surface area contributed by atoms with E-state index in [4.69, 9.17) is 34.8 Å². The highest BCUT2D eigenvalue weighted by atomic mass is 35.5. The zero-order valence-corrected chi connectivity index (χ0v) is 11.5. The topological polar surface area (TPSA) is 24.9 Å². The molecule has 0 spiro atoms. The second kappa shape index (κ2) is 4.49. The van der Waals surface area contributed by atoms with Crippen LogP contribution in [-0.2, 0) is 0 Å². The molecule has 0 amide bonds. The molecule has 2 bridgehead atoms. The highest BCUT2D eigenvalue weighted by Crippen LogP contribution is 2.46. The van der Waals surface area contributed by atoms with Crippen molar-refractivity contribution in [3.8, 4) is 0 Å². The second-order valence-electron chi connectivity index (χ2n) is 5.02. The predicted octanol–water partition coefficient (Wildman–Crippen LogP) is 4.64. The fourth-order valence-electron chi connectivity index (χ4n) is 3.14. The van der Waals surface area contributed by atoms with Gasteiger partial charge >= 0.3 is 0 Å². The molecule has 3 atom stereocenters. The van der Waals surface area contributed by atoms with E-state index in [0.29, 0.717) is 27.1 Å². The molecule has 2 aliphatic carbocycles. The van der Waals surface area contributed by atoms with Gasteiger partial charge in [-0.25, -0.2) is 4.98 Å². The monoisotopic (exact) mass is 290 g/mol. The van der Waals surface area contributed by atoms with Gasteiger partial charge in [-0.05, 0) is 37.2 Å². The number of pyridine rings is 1. The van der Waals surface area contributed by atoms with Crippen LogP contribution in [0, 0.1) is 11.8 Å². The van der Waals surface area contributed by atoms with Crippen LogP contribution in [0.2, 0.25) is 15.2 Å². The quantitative estimate of drug-likeness (QED) is 0.803. The van der Waals surface area contributed by atoms with Crippen LogP contribution in [0.3, 0.4) is 0 Å². The minimum Gasteiger partial charge on any atom is -0.366 e. The molecule has 2 nitrogen and oxygen atoms in total. The van der Waals surface area contributed by atoms with Crippen molar-refractivity contribution in [2.75, 3.05) is 5.32 Å². The Bertz CT molecular complexity index is 450. The first-order valence-electron chi connectivity index (χ1n) is 5.91. The summed E-state index contributed by atoms with van der Waals surface area (Å²) in [5.41, 5.74) is 0. The van der Waals surface area contributed by atoms with Crippen molar-refractivity contribution in [1.82, 2.24) is 4.98 Å². The molecule has 2 fully saturated rings. The number of nitrogens with zero attached hydrogens (tertiary/aromatic N) is 1. The molecule has 1 N–H and O–H groups in total. The lowest BCUT2D eigenvalue weighted by molar-refractivity contribution is 0.439. The third kappa shape index (κ3) is 2.23. The van der Waals surface area contributed by atoms with Crippen molar-refractivity contribution >= 4 is 40.6 Å². The van der Waals surface area contributed by atoms with Gasteiger partial charge in [-0.1, -0.05) is 41.2 Å². The van der Waals surface area contributed by atoms with Gasteiger partial charge in [0.2, 0.25) is 0 Å². The van der Waals surface area contributed by atoms with E-state index in [0.717, 1.165) is 11.8 Å². The molecule has 0 saturated heterocycles. The summed E-state index contributed by atoms with van der Waals surface area (Å²) in [6.07, 6.45) is 5.27. The van der Waals surface area contributed by atoms with Gasteiger partial charge in [0.15, 0.2) is 0 Å². The van der Waals surface area contributed by atoms with E-state index >= 15 is 0 Å². The first-order chi connectivity index (χ1) is 8.13. The molecule has 92 valence electrons. The lowest BCUT2D eigenvalue weighted by atomic mass is 9.95. The maximum Gasteiger partial charge on any atom is 0.150 e. The van der Waals surface area contributed by atoms with Crippen molar-refractivity contribution in [2.24, 2.45) is 11.8 Å². The average Bonchev–Trinajstić information content (AvgIpc) is 2.87. The summed E-state index contributed by atoms with van der Waals surface area (Å²) in [6, 6.07) is 2.14. The van der Waals surface area contributed by atoms with Crippen molar-refractivity contribution in [3.63, 3.8) is 0 Å². The van der Waals surface area contributed by atoms with Crippen molar-refractivity contribution in [2.45, 2.75) is 31.7 Å². The Kier molecular flexibility index (Phi) is 3.14. The minimum atomic E-state index is 0.307. The van der Waals surface area contributed by atoms with Gasteiger partial charge in [-0.3, -0.25) is 0 Å². The molecule has 0 aromatic carbocycles. The van der Waals surface area contributed by atoms with Gasteiger partial charge in [0.25, 0.3) is 0 Å². The van der Waals surface area contributed by atoms with Crippen LogP contribution < -0.4 is 5.32 Å². The number of nitrogens with one attached hydrogen (secondary N) is 1. The molecule has 5 heteroatoms. The van der Waals surface area contributed by atoms with Crippen LogP contribution in [-0.4, -0.2) is 11.0 Å². The first kappa shape index (κ1) is 11.9. The number of fused-ring (bicyclic) bond motifs is 2. The molecule has 1 aromatic rings. The van der Waals surface area contributed by atoms with Gasteiger partial charge < -0.3 is 5.32 Å². The van der Waals surface area contributed by atoms with E-state index in [1.165, 1.54) is 25.7 Å².